The predicted octanol–water partition coefficient (Wildman–Crippen LogP) is 3.90. The van der Waals surface area contributed by atoms with Gasteiger partial charge in [-0.25, -0.2) is 9.78 Å². The number of rotatable bonds is 5. The van der Waals surface area contributed by atoms with Crippen molar-refractivity contribution in [3.8, 4) is 0 Å². The Kier molecular flexibility index (Phi) is 5.58. The minimum atomic E-state index is -0.445. The van der Waals surface area contributed by atoms with Crippen molar-refractivity contribution >= 4 is 22.6 Å². The minimum Gasteiger partial charge on any atom is -0.464 e. The summed E-state index contributed by atoms with van der Waals surface area (Å²) >= 11 is 0. The summed E-state index contributed by atoms with van der Waals surface area (Å²) in [4.78, 5) is 16.1. The van der Waals surface area contributed by atoms with E-state index in [1.54, 1.807) is 12.3 Å². The largest absolute Gasteiger partial charge is 0.464 e. The van der Waals surface area contributed by atoms with Gasteiger partial charge in [0.05, 0.1) is 12.6 Å². The number of nitrogens with one attached hydrogen (secondary N) is 1. The number of allylic oxidation sites excluding steroid dienone is 2. The SMILES string of the molecule is CC/C(C)=C/C(N)=C\Nc1ccc(C)c2nc(C(=O)OC)ccc12. The number of carbonyl (C=O) groups excluding carboxylic acids is 1. The van der Waals surface area contributed by atoms with E-state index in [0.717, 1.165) is 28.6 Å². The van der Waals surface area contributed by atoms with Gasteiger partial charge in [0.15, 0.2) is 0 Å². The number of hydrogen-bond donors (Lipinski definition) is 2. The molecule has 0 unspecified atom stereocenters. The van der Waals surface area contributed by atoms with Crippen LogP contribution in [0.1, 0.15) is 36.3 Å². The van der Waals surface area contributed by atoms with Crippen LogP contribution < -0.4 is 11.1 Å². The lowest BCUT2D eigenvalue weighted by Crippen LogP contribution is -2.05. The standard InChI is InChI=1S/C19H23N3O2/c1-5-12(2)10-14(20)11-21-16-8-6-13(3)18-15(16)7-9-17(22-18)19(23)24-4/h6-11,21H,5,20H2,1-4H3/b12-10+,14-11+. The molecular weight excluding hydrogens is 302 g/mol. The molecule has 2 aromatic rings. The number of nitrogens with zero attached hydrogens (tertiary/aromatic N) is 1. The third kappa shape index (κ3) is 3.93. The fraction of sp³-hybridized carbons (Fsp3) is 0.263. The molecule has 0 saturated heterocycles. The van der Waals surface area contributed by atoms with E-state index in [0.29, 0.717) is 11.4 Å². The third-order valence-corrected chi connectivity index (χ3v) is 3.82. The maximum atomic E-state index is 11.7. The van der Waals surface area contributed by atoms with Crippen LogP contribution in [0, 0.1) is 6.92 Å². The maximum Gasteiger partial charge on any atom is 0.356 e. The lowest BCUT2D eigenvalue weighted by atomic mass is 10.1. The smallest absolute Gasteiger partial charge is 0.356 e. The van der Waals surface area contributed by atoms with E-state index in [9.17, 15) is 4.79 Å². The highest BCUT2D eigenvalue weighted by atomic mass is 16.5. The first-order valence-corrected chi connectivity index (χ1v) is 7.84. The number of ether oxygens (including phenoxy) is 1. The van der Waals surface area contributed by atoms with Gasteiger partial charge in [0.2, 0.25) is 0 Å². The summed E-state index contributed by atoms with van der Waals surface area (Å²) in [5.74, 6) is -0.445. The molecule has 1 aromatic carbocycles. The van der Waals surface area contributed by atoms with Crippen LogP contribution in [-0.2, 0) is 4.74 Å². The molecule has 2 rings (SSSR count). The molecule has 0 aliphatic heterocycles. The van der Waals surface area contributed by atoms with Crippen molar-refractivity contribution in [3.63, 3.8) is 0 Å². The van der Waals surface area contributed by atoms with Gasteiger partial charge in [0.1, 0.15) is 5.69 Å². The van der Waals surface area contributed by atoms with Crippen molar-refractivity contribution in [3.05, 3.63) is 59.1 Å². The topological polar surface area (TPSA) is 77.2 Å². The Balaban J connectivity index is 2.40. The molecular formula is C19H23N3O2. The molecule has 5 heteroatoms. The van der Waals surface area contributed by atoms with Crippen LogP contribution in [0.2, 0.25) is 0 Å². The molecule has 3 N–H and O–H groups in total. The summed E-state index contributed by atoms with van der Waals surface area (Å²) in [5, 5.41) is 4.14. The van der Waals surface area contributed by atoms with Crippen LogP contribution in [0.4, 0.5) is 5.69 Å². The summed E-state index contributed by atoms with van der Waals surface area (Å²) in [6.45, 7) is 6.09. The summed E-state index contributed by atoms with van der Waals surface area (Å²) < 4.78 is 4.73. The number of methoxy groups -OCH3 is 1. The van der Waals surface area contributed by atoms with E-state index in [-0.39, 0.29) is 0 Å². The van der Waals surface area contributed by atoms with Crippen molar-refractivity contribution in [2.45, 2.75) is 27.2 Å². The second-order valence-electron chi connectivity index (χ2n) is 5.65. The monoisotopic (exact) mass is 325 g/mol. The lowest BCUT2D eigenvalue weighted by molar-refractivity contribution is 0.0594. The third-order valence-electron chi connectivity index (χ3n) is 3.82. The average Bonchev–Trinajstić information content (AvgIpc) is 2.60. The van der Waals surface area contributed by atoms with Crippen molar-refractivity contribution in [2.75, 3.05) is 12.4 Å². The highest BCUT2D eigenvalue weighted by molar-refractivity contribution is 5.97. The first-order chi connectivity index (χ1) is 11.5. The van der Waals surface area contributed by atoms with Gasteiger partial charge in [0, 0.05) is 23.0 Å². The highest BCUT2D eigenvalue weighted by Crippen LogP contribution is 2.25. The van der Waals surface area contributed by atoms with Crippen molar-refractivity contribution in [1.29, 1.82) is 0 Å². The second kappa shape index (κ2) is 7.64. The summed E-state index contributed by atoms with van der Waals surface area (Å²) in [5.41, 5.74) is 10.8. The van der Waals surface area contributed by atoms with Crippen LogP contribution >= 0.6 is 0 Å². The van der Waals surface area contributed by atoms with Gasteiger partial charge in [-0.1, -0.05) is 18.6 Å². The first-order valence-electron chi connectivity index (χ1n) is 7.84. The van der Waals surface area contributed by atoms with Crippen LogP contribution in [0.25, 0.3) is 10.9 Å². The number of fused-ring (bicyclic) bond motifs is 1. The molecule has 0 radical (unpaired) electrons. The number of anilines is 1. The number of aryl methyl sites for hydroxylation is 1. The maximum absolute atomic E-state index is 11.7. The number of pyridine rings is 1. The van der Waals surface area contributed by atoms with Crippen LogP contribution in [0.5, 0.6) is 0 Å². The number of carbonyl (C=O) groups is 1. The molecule has 0 saturated carbocycles. The summed E-state index contributed by atoms with van der Waals surface area (Å²) in [6, 6.07) is 7.45. The lowest BCUT2D eigenvalue weighted by Gasteiger charge is -2.10. The molecule has 0 aliphatic carbocycles. The zero-order valence-corrected chi connectivity index (χ0v) is 14.5. The molecule has 5 nitrogen and oxygen atoms in total. The van der Waals surface area contributed by atoms with Crippen molar-refractivity contribution < 1.29 is 9.53 Å². The zero-order chi connectivity index (χ0) is 17.7. The number of nitrogens with two attached hydrogens (primary N) is 1. The Bertz CT molecular complexity index is 823. The fourth-order valence-electron chi connectivity index (χ4n) is 2.29. The van der Waals surface area contributed by atoms with Crippen LogP contribution in [0.15, 0.2) is 47.8 Å². The second-order valence-corrected chi connectivity index (χ2v) is 5.65. The fourth-order valence-corrected chi connectivity index (χ4v) is 2.29. The van der Waals surface area contributed by atoms with E-state index in [1.165, 1.54) is 12.7 Å². The van der Waals surface area contributed by atoms with E-state index in [2.05, 4.69) is 17.2 Å². The highest BCUT2D eigenvalue weighted by Gasteiger charge is 2.11. The average molecular weight is 325 g/mol. The van der Waals surface area contributed by atoms with E-state index >= 15 is 0 Å². The molecule has 0 fully saturated rings. The number of benzene rings is 1. The van der Waals surface area contributed by atoms with E-state index in [4.69, 9.17) is 10.5 Å². The van der Waals surface area contributed by atoms with Crippen molar-refractivity contribution in [2.24, 2.45) is 5.73 Å². The number of hydrogen-bond acceptors (Lipinski definition) is 5. The van der Waals surface area contributed by atoms with Gasteiger partial charge in [-0.05, 0) is 50.1 Å². The first kappa shape index (κ1) is 17.5. The number of aromatic nitrogens is 1. The van der Waals surface area contributed by atoms with E-state index < -0.39 is 5.97 Å². The molecule has 0 spiro atoms. The van der Waals surface area contributed by atoms with Crippen LogP contribution in [0.3, 0.4) is 0 Å². The Morgan fingerprint density at radius 3 is 2.75 bits per heavy atom. The molecule has 0 atom stereocenters. The Morgan fingerprint density at radius 2 is 2.08 bits per heavy atom. The summed E-state index contributed by atoms with van der Waals surface area (Å²) in [6.07, 6.45) is 4.66. The van der Waals surface area contributed by atoms with Crippen LogP contribution in [-0.4, -0.2) is 18.1 Å². The van der Waals surface area contributed by atoms with Gasteiger partial charge in [0.25, 0.3) is 0 Å². The van der Waals surface area contributed by atoms with Crippen molar-refractivity contribution in [1.82, 2.24) is 4.98 Å². The quantitative estimate of drug-likeness (QED) is 0.644. The van der Waals surface area contributed by atoms with Gasteiger partial charge >= 0.3 is 5.97 Å². The molecule has 24 heavy (non-hydrogen) atoms. The summed E-state index contributed by atoms with van der Waals surface area (Å²) in [7, 11) is 1.35. The van der Waals surface area contributed by atoms with Gasteiger partial charge in [-0.15, -0.1) is 0 Å². The molecule has 0 aliphatic rings. The molecule has 1 aromatic heterocycles. The number of esters is 1. The normalized spacial score (nSPS) is 12.3. The van der Waals surface area contributed by atoms with Gasteiger partial charge in [-0.3, -0.25) is 0 Å². The molecule has 0 amide bonds. The Morgan fingerprint density at radius 1 is 1.33 bits per heavy atom. The molecule has 0 bridgehead atoms. The predicted molar refractivity (Wildman–Crippen MR) is 97.8 cm³/mol. The van der Waals surface area contributed by atoms with Gasteiger partial charge < -0.3 is 15.8 Å². The molecule has 126 valence electrons. The van der Waals surface area contributed by atoms with Gasteiger partial charge in [-0.2, -0.15) is 0 Å². The Hall–Kier alpha value is -2.82. The minimum absolute atomic E-state index is 0.293. The Labute approximate surface area is 142 Å². The van der Waals surface area contributed by atoms with E-state index in [1.807, 2.05) is 38.1 Å². The molecule has 1 heterocycles. The zero-order valence-electron chi connectivity index (χ0n) is 14.5.